The van der Waals surface area contributed by atoms with Crippen LogP contribution in [-0.2, 0) is 9.59 Å². The van der Waals surface area contributed by atoms with Gasteiger partial charge in [0.05, 0.1) is 6.54 Å². The molecular formula is C24H32N2O2. The van der Waals surface area contributed by atoms with Crippen LogP contribution in [0.25, 0.3) is 0 Å². The molecule has 0 radical (unpaired) electrons. The zero-order chi connectivity index (χ0) is 19.1. The Morgan fingerprint density at radius 2 is 1.50 bits per heavy atom. The maximum Gasteiger partial charge on any atom is 0.227 e. The minimum Gasteiger partial charge on any atom is -0.326 e. The molecule has 1 heterocycles. The fraction of sp³-hybridized carbons (Fsp3) is 0.667. The van der Waals surface area contributed by atoms with Crippen molar-refractivity contribution in [1.29, 1.82) is 0 Å². The van der Waals surface area contributed by atoms with Gasteiger partial charge in [-0.15, -0.1) is 0 Å². The highest BCUT2D eigenvalue weighted by molar-refractivity contribution is 5.92. The first kappa shape index (κ1) is 18.4. The first-order valence-electron chi connectivity index (χ1n) is 11.2. The Bertz CT molecular complexity index is 701. The van der Waals surface area contributed by atoms with E-state index in [1.54, 1.807) is 0 Å². The molecule has 150 valence electrons. The number of benzene rings is 1. The Morgan fingerprint density at radius 1 is 0.929 bits per heavy atom. The normalized spacial score (nSPS) is 35.1. The number of ketones is 1. The second-order valence-electron chi connectivity index (χ2n) is 10.0. The Hall–Kier alpha value is -1.68. The van der Waals surface area contributed by atoms with Gasteiger partial charge in [-0.3, -0.25) is 14.5 Å². The Labute approximate surface area is 168 Å². The molecule has 5 aliphatic rings. The zero-order valence-corrected chi connectivity index (χ0v) is 16.7. The number of carbonyl (C=O) groups is 2. The van der Waals surface area contributed by atoms with E-state index in [0.29, 0.717) is 12.3 Å². The molecule has 1 aromatic rings. The summed E-state index contributed by atoms with van der Waals surface area (Å²) in [5.74, 6) is 3.16. The summed E-state index contributed by atoms with van der Waals surface area (Å²) in [6, 6.07) is 9.69. The highest BCUT2D eigenvalue weighted by Crippen LogP contribution is 2.60. The molecule has 4 heteroatoms. The molecule has 4 saturated carbocycles. The number of amides is 1. The highest BCUT2D eigenvalue weighted by Gasteiger charge is 2.54. The smallest absolute Gasteiger partial charge is 0.227 e. The number of Topliss-reactive ketones (excluding diaryl/α,β-unsaturated/α-hetero) is 1. The molecule has 4 nitrogen and oxygen atoms in total. The van der Waals surface area contributed by atoms with Gasteiger partial charge in [-0.05, 0) is 94.3 Å². The van der Waals surface area contributed by atoms with Crippen LogP contribution in [0.4, 0.5) is 5.69 Å². The predicted octanol–water partition coefficient (Wildman–Crippen LogP) is 4.12. The summed E-state index contributed by atoms with van der Waals surface area (Å²) in [7, 11) is 0. The number of anilines is 1. The summed E-state index contributed by atoms with van der Waals surface area (Å²) in [6.45, 7) is 2.34. The molecule has 0 spiro atoms. The zero-order valence-electron chi connectivity index (χ0n) is 16.7. The summed E-state index contributed by atoms with van der Waals surface area (Å²) >= 11 is 0. The number of hydrogen-bond donors (Lipinski definition) is 1. The number of nitrogens with zero attached hydrogens (tertiary/aromatic N) is 1. The number of piperidine rings is 1. The summed E-state index contributed by atoms with van der Waals surface area (Å²) < 4.78 is 0. The quantitative estimate of drug-likeness (QED) is 0.836. The minimum atomic E-state index is 0.0102. The average molecular weight is 381 g/mol. The number of rotatable bonds is 5. The lowest BCUT2D eigenvalue weighted by Gasteiger charge is -2.56. The van der Waals surface area contributed by atoms with Crippen LogP contribution >= 0.6 is 0 Å². The first-order valence-corrected chi connectivity index (χ1v) is 11.2. The molecule has 28 heavy (non-hydrogen) atoms. The summed E-state index contributed by atoms with van der Waals surface area (Å²) in [5, 5.41) is 3.03. The van der Waals surface area contributed by atoms with Gasteiger partial charge in [-0.1, -0.05) is 18.2 Å². The molecular weight excluding hydrogens is 348 g/mol. The van der Waals surface area contributed by atoms with Gasteiger partial charge in [0.1, 0.15) is 0 Å². The van der Waals surface area contributed by atoms with Crippen LogP contribution in [-0.4, -0.2) is 36.2 Å². The van der Waals surface area contributed by atoms with E-state index in [1.807, 2.05) is 30.3 Å². The van der Waals surface area contributed by atoms with E-state index in [0.717, 1.165) is 68.6 Å². The van der Waals surface area contributed by atoms with Gasteiger partial charge in [-0.2, -0.15) is 0 Å². The second-order valence-corrected chi connectivity index (χ2v) is 10.0. The Balaban J connectivity index is 1.14. The molecule has 4 bridgehead atoms. The van der Waals surface area contributed by atoms with E-state index in [1.165, 1.54) is 19.3 Å². The molecule has 1 N–H and O–H groups in total. The van der Waals surface area contributed by atoms with Crippen molar-refractivity contribution >= 4 is 17.4 Å². The van der Waals surface area contributed by atoms with E-state index in [9.17, 15) is 9.59 Å². The van der Waals surface area contributed by atoms with E-state index >= 15 is 0 Å². The molecule has 1 amide bonds. The third kappa shape index (κ3) is 3.52. The summed E-state index contributed by atoms with van der Waals surface area (Å²) in [5.41, 5.74) is 0.878. The molecule has 1 aliphatic heterocycles. The number of likely N-dealkylation sites (tertiary alicyclic amines) is 1. The SMILES string of the molecule is O=C(Nc1ccccc1)C1CCN(CC(=O)C23CC4CC(CC(C4)C2)C3)CC1. The van der Waals surface area contributed by atoms with Gasteiger partial charge >= 0.3 is 0 Å². The van der Waals surface area contributed by atoms with Crippen LogP contribution < -0.4 is 5.32 Å². The fourth-order valence-corrected chi connectivity index (χ4v) is 6.94. The van der Waals surface area contributed by atoms with Gasteiger partial charge < -0.3 is 5.32 Å². The van der Waals surface area contributed by atoms with Gasteiger partial charge in [0.2, 0.25) is 5.91 Å². The largest absolute Gasteiger partial charge is 0.326 e. The van der Waals surface area contributed by atoms with Crippen LogP contribution in [0.5, 0.6) is 0 Å². The monoisotopic (exact) mass is 380 g/mol. The van der Waals surface area contributed by atoms with Crippen LogP contribution in [0.1, 0.15) is 51.4 Å². The highest BCUT2D eigenvalue weighted by atomic mass is 16.2. The first-order chi connectivity index (χ1) is 13.6. The lowest BCUT2D eigenvalue weighted by Crippen LogP contribution is -2.53. The lowest BCUT2D eigenvalue weighted by molar-refractivity contribution is -0.145. The minimum absolute atomic E-state index is 0.0102. The van der Waals surface area contributed by atoms with Crippen LogP contribution in [0.2, 0.25) is 0 Å². The summed E-state index contributed by atoms with van der Waals surface area (Å²) in [4.78, 5) is 28.1. The van der Waals surface area contributed by atoms with Crippen molar-refractivity contribution in [1.82, 2.24) is 4.90 Å². The molecule has 4 aliphatic carbocycles. The van der Waals surface area contributed by atoms with Crippen molar-refractivity contribution in [3.05, 3.63) is 30.3 Å². The maximum atomic E-state index is 13.3. The number of carbonyl (C=O) groups excluding carboxylic acids is 2. The van der Waals surface area contributed by atoms with E-state index < -0.39 is 0 Å². The molecule has 0 unspecified atom stereocenters. The average Bonchev–Trinajstić information content (AvgIpc) is 2.68. The van der Waals surface area contributed by atoms with Crippen LogP contribution in [0.3, 0.4) is 0 Å². The Kier molecular flexibility index (Phi) is 4.78. The van der Waals surface area contributed by atoms with Crippen molar-refractivity contribution in [2.24, 2.45) is 29.1 Å². The Morgan fingerprint density at radius 3 is 2.07 bits per heavy atom. The van der Waals surface area contributed by atoms with Crippen molar-refractivity contribution in [3.63, 3.8) is 0 Å². The lowest BCUT2D eigenvalue weighted by atomic mass is 9.48. The van der Waals surface area contributed by atoms with Gasteiger partial charge in [-0.25, -0.2) is 0 Å². The third-order valence-corrected chi connectivity index (χ3v) is 8.00. The van der Waals surface area contributed by atoms with Crippen molar-refractivity contribution in [2.75, 3.05) is 25.0 Å². The van der Waals surface area contributed by atoms with Crippen LogP contribution in [0.15, 0.2) is 30.3 Å². The van der Waals surface area contributed by atoms with Crippen LogP contribution in [0, 0.1) is 29.1 Å². The van der Waals surface area contributed by atoms with Crippen molar-refractivity contribution in [3.8, 4) is 0 Å². The van der Waals surface area contributed by atoms with Gasteiger partial charge in [0.25, 0.3) is 0 Å². The van der Waals surface area contributed by atoms with E-state index in [4.69, 9.17) is 0 Å². The van der Waals surface area contributed by atoms with Gasteiger partial charge in [0.15, 0.2) is 5.78 Å². The second kappa shape index (κ2) is 7.29. The van der Waals surface area contributed by atoms with Gasteiger partial charge in [0, 0.05) is 17.0 Å². The molecule has 1 saturated heterocycles. The van der Waals surface area contributed by atoms with E-state index in [-0.39, 0.29) is 17.2 Å². The predicted molar refractivity (Wildman–Crippen MR) is 110 cm³/mol. The maximum absolute atomic E-state index is 13.3. The number of nitrogens with one attached hydrogen (secondary N) is 1. The number of hydrogen-bond acceptors (Lipinski definition) is 3. The standard InChI is InChI=1S/C24H32N2O2/c27-22(24-13-17-10-18(14-24)12-19(11-17)15-24)16-26-8-6-20(7-9-26)23(28)25-21-4-2-1-3-5-21/h1-5,17-20H,6-16H2,(H,25,28). The molecule has 5 fully saturated rings. The third-order valence-electron chi connectivity index (χ3n) is 8.00. The topological polar surface area (TPSA) is 49.4 Å². The fourth-order valence-electron chi connectivity index (χ4n) is 6.94. The molecule has 0 aromatic heterocycles. The molecule has 6 rings (SSSR count). The van der Waals surface area contributed by atoms with Crippen molar-refractivity contribution < 1.29 is 9.59 Å². The van der Waals surface area contributed by atoms with E-state index in [2.05, 4.69) is 10.2 Å². The molecule has 1 aromatic carbocycles. The van der Waals surface area contributed by atoms with Crippen molar-refractivity contribution in [2.45, 2.75) is 51.4 Å². The summed E-state index contributed by atoms with van der Waals surface area (Å²) in [6.07, 6.45) is 9.34. The number of para-hydroxylation sites is 1. The molecule has 0 atom stereocenters.